The van der Waals surface area contributed by atoms with Crippen LogP contribution >= 0.6 is 0 Å². The van der Waals surface area contributed by atoms with Crippen LogP contribution in [-0.4, -0.2) is 16.5 Å². The van der Waals surface area contributed by atoms with E-state index in [1.807, 2.05) is 12.3 Å². The van der Waals surface area contributed by atoms with Gasteiger partial charge in [-0.05, 0) is 44.4 Å². The van der Waals surface area contributed by atoms with Gasteiger partial charge in [0.2, 0.25) is 0 Å². The van der Waals surface area contributed by atoms with Gasteiger partial charge >= 0.3 is 0 Å². The molecular weight excluding hydrogens is 265 g/mol. The second-order valence-electron chi connectivity index (χ2n) is 5.50. The predicted octanol–water partition coefficient (Wildman–Crippen LogP) is 3.66. The molecular formula is C17H20FN3. The summed E-state index contributed by atoms with van der Waals surface area (Å²) in [5.41, 5.74) is 3.04. The van der Waals surface area contributed by atoms with Crippen LogP contribution in [0.1, 0.15) is 43.5 Å². The van der Waals surface area contributed by atoms with Crippen LogP contribution in [-0.2, 0) is 6.42 Å². The molecule has 1 aliphatic rings. The maximum atomic E-state index is 13.3. The molecule has 21 heavy (non-hydrogen) atoms. The molecule has 1 unspecified atom stereocenters. The number of nitrogens with one attached hydrogen (secondary N) is 1. The van der Waals surface area contributed by atoms with Gasteiger partial charge in [0.15, 0.2) is 5.82 Å². The van der Waals surface area contributed by atoms with Gasteiger partial charge in [0.25, 0.3) is 0 Å². The summed E-state index contributed by atoms with van der Waals surface area (Å²) in [6.07, 6.45) is 6.28. The Labute approximate surface area is 124 Å². The number of benzene rings is 1. The van der Waals surface area contributed by atoms with Gasteiger partial charge in [-0.3, -0.25) is 0 Å². The maximum Gasteiger partial charge on any atom is 0.159 e. The molecule has 0 amide bonds. The summed E-state index contributed by atoms with van der Waals surface area (Å²) in [4.78, 5) is 9.11. The second kappa shape index (κ2) is 6.31. The third-order valence-corrected chi connectivity index (χ3v) is 3.91. The van der Waals surface area contributed by atoms with E-state index in [4.69, 9.17) is 0 Å². The zero-order valence-corrected chi connectivity index (χ0v) is 12.3. The quantitative estimate of drug-likeness (QED) is 0.931. The highest BCUT2D eigenvalue weighted by atomic mass is 19.1. The Morgan fingerprint density at radius 2 is 2.29 bits per heavy atom. The zero-order valence-electron chi connectivity index (χ0n) is 12.3. The van der Waals surface area contributed by atoms with Crippen LogP contribution in [0.3, 0.4) is 0 Å². The van der Waals surface area contributed by atoms with Crippen molar-refractivity contribution in [2.45, 2.75) is 38.6 Å². The first-order valence-corrected chi connectivity index (χ1v) is 7.63. The molecule has 0 bridgehead atoms. The van der Waals surface area contributed by atoms with E-state index in [9.17, 15) is 4.39 Å². The summed E-state index contributed by atoms with van der Waals surface area (Å²) >= 11 is 0. The summed E-state index contributed by atoms with van der Waals surface area (Å²) in [6.45, 7) is 3.18. The zero-order chi connectivity index (χ0) is 14.7. The predicted molar refractivity (Wildman–Crippen MR) is 81.4 cm³/mol. The Balaban J connectivity index is 1.90. The molecule has 1 aromatic carbocycles. The molecule has 4 heteroatoms. The molecule has 1 heterocycles. The number of nitrogens with zero attached hydrogens (tertiary/aromatic N) is 2. The van der Waals surface area contributed by atoms with Gasteiger partial charge in [0.05, 0.1) is 0 Å². The van der Waals surface area contributed by atoms with E-state index in [2.05, 4.69) is 22.2 Å². The monoisotopic (exact) mass is 285 g/mol. The average molecular weight is 285 g/mol. The summed E-state index contributed by atoms with van der Waals surface area (Å²) in [7, 11) is 0. The fourth-order valence-electron chi connectivity index (χ4n) is 2.84. The average Bonchev–Trinajstić information content (AvgIpc) is 2.52. The lowest BCUT2D eigenvalue weighted by atomic mass is 9.92. The molecule has 0 saturated heterocycles. The highest BCUT2D eigenvalue weighted by Gasteiger charge is 2.21. The molecule has 0 spiro atoms. The smallest absolute Gasteiger partial charge is 0.159 e. The second-order valence-corrected chi connectivity index (χ2v) is 5.50. The first kappa shape index (κ1) is 14.1. The lowest BCUT2D eigenvalue weighted by molar-refractivity contribution is 0.454. The molecule has 110 valence electrons. The van der Waals surface area contributed by atoms with E-state index in [1.54, 1.807) is 6.07 Å². The van der Waals surface area contributed by atoms with Gasteiger partial charge in [-0.25, -0.2) is 14.4 Å². The van der Waals surface area contributed by atoms with Crippen LogP contribution < -0.4 is 5.32 Å². The van der Waals surface area contributed by atoms with E-state index in [0.717, 1.165) is 43.5 Å². The molecule has 3 rings (SSSR count). The number of hydrogen-bond acceptors (Lipinski definition) is 3. The summed E-state index contributed by atoms with van der Waals surface area (Å²) in [5.74, 6) is 0.362. The third-order valence-electron chi connectivity index (χ3n) is 3.91. The van der Waals surface area contributed by atoms with Crippen molar-refractivity contribution in [2.24, 2.45) is 0 Å². The van der Waals surface area contributed by atoms with Crippen molar-refractivity contribution in [1.29, 1.82) is 0 Å². The van der Waals surface area contributed by atoms with Crippen molar-refractivity contribution < 1.29 is 4.39 Å². The number of rotatable bonds is 4. The van der Waals surface area contributed by atoms with Crippen LogP contribution in [0.15, 0.2) is 30.5 Å². The van der Waals surface area contributed by atoms with Gasteiger partial charge in [0.1, 0.15) is 5.82 Å². The number of aromatic nitrogens is 2. The molecule has 0 aliphatic heterocycles. The fourth-order valence-corrected chi connectivity index (χ4v) is 2.84. The Bertz CT molecular complexity index is 627. The fraction of sp³-hybridized carbons (Fsp3) is 0.412. The minimum Gasteiger partial charge on any atom is -0.310 e. The normalized spacial score (nSPS) is 17.5. The summed E-state index contributed by atoms with van der Waals surface area (Å²) in [6, 6.07) is 6.82. The van der Waals surface area contributed by atoms with Gasteiger partial charge in [0, 0.05) is 29.1 Å². The lowest BCUT2D eigenvalue weighted by Crippen LogP contribution is -2.26. The Kier molecular flexibility index (Phi) is 4.25. The van der Waals surface area contributed by atoms with Crippen LogP contribution in [0.2, 0.25) is 0 Å². The lowest BCUT2D eigenvalue weighted by Gasteiger charge is -2.25. The van der Waals surface area contributed by atoms with E-state index in [1.165, 1.54) is 17.7 Å². The van der Waals surface area contributed by atoms with Crippen molar-refractivity contribution >= 4 is 0 Å². The standard InChI is InChI=1S/C17H20FN3/c1-2-9-19-15-7-4-8-16-14(15)11-20-17(21-16)12-5-3-6-13(18)10-12/h3,5-6,10-11,15,19H,2,4,7-9H2,1H3. The summed E-state index contributed by atoms with van der Waals surface area (Å²) < 4.78 is 13.3. The SMILES string of the molecule is CCCNC1CCCc2nc(-c3cccc(F)c3)ncc21. The number of fused-ring (bicyclic) bond motifs is 1. The third kappa shape index (κ3) is 3.10. The minimum atomic E-state index is -0.253. The van der Waals surface area contributed by atoms with Crippen molar-refractivity contribution in [1.82, 2.24) is 15.3 Å². The van der Waals surface area contributed by atoms with E-state index in [-0.39, 0.29) is 5.82 Å². The minimum absolute atomic E-state index is 0.253. The number of hydrogen-bond donors (Lipinski definition) is 1. The van der Waals surface area contributed by atoms with Gasteiger partial charge in [-0.15, -0.1) is 0 Å². The Morgan fingerprint density at radius 3 is 3.10 bits per heavy atom. The first-order chi connectivity index (χ1) is 10.3. The number of halogens is 1. The molecule has 1 N–H and O–H groups in total. The van der Waals surface area contributed by atoms with Gasteiger partial charge < -0.3 is 5.32 Å². The van der Waals surface area contributed by atoms with Crippen LogP contribution in [0, 0.1) is 5.82 Å². The van der Waals surface area contributed by atoms with Crippen molar-refractivity contribution in [3.8, 4) is 11.4 Å². The van der Waals surface area contributed by atoms with Crippen LogP contribution in [0.4, 0.5) is 4.39 Å². The van der Waals surface area contributed by atoms with Crippen molar-refractivity contribution in [2.75, 3.05) is 6.54 Å². The van der Waals surface area contributed by atoms with Gasteiger partial charge in [-0.2, -0.15) is 0 Å². The molecule has 2 aromatic rings. The molecule has 1 aromatic heterocycles. The molecule has 0 saturated carbocycles. The van der Waals surface area contributed by atoms with Crippen molar-refractivity contribution in [3.05, 3.63) is 47.5 Å². The molecule has 3 nitrogen and oxygen atoms in total. The Morgan fingerprint density at radius 1 is 1.38 bits per heavy atom. The highest BCUT2D eigenvalue weighted by molar-refractivity contribution is 5.55. The topological polar surface area (TPSA) is 37.8 Å². The Hall–Kier alpha value is -1.81. The number of aryl methyl sites for hydroxylation is 1. The first-order valence-electron chi connectivity index (χ1n) is 7.63. The van der Waals surface area contributed by atoms with Crippen LogP contribution in [0.25, 0.3) is 11.4 Å². The maximum absolute atomic E-state index is 13.3. The van der Waals surface area contributed by atoms with E-state index < -0.39 is 0 Å². The molecule has 0 radical (unpaired) electrons. The largest absolute Gasteiger partial charge is 0.310 e. The highest BCUT2D eigenvalue weighted by Crippen LogP contribution is 2.29. The molecule has 1 aliphatic carbocycles. The van der Waals surface area contributed by atoms with Crippen molar-refractivity contribution in [3.63, 3.8) is 0 Å². The van der Waals surface area contributed by atoms with Crippen LogP contribution in [0.5, 0.6) is 0 Å². The van der Waals surface area contributed by atoms with E-state index in [0.29, 0.717) is 11.9 Å². The molecule has 0 fully saturated rings. The van der Waals surface area contributed by atoms with E-state index >= 15 is 0 Å². The molecule has 1 atom stereocenters. The van der Waals surface area contributed by atoms with Gasteiger partial charge in [-0.1, -0.05) is 19.1 Å². The summed E-state index contributed by atoms with van der Waals surface area (Å²) in [5, 5.41) is 3.56.